The summed E-state index contributed by atoms with van der Waals surface area (Å²) in [5, 5.41) is 0. The first-order valence-corrected chi connectivity index (χ1v) is 6.13. The van der Waals surface area contributed by atoms with Crippen molar-refractivity contribution in [3.63, 3.8) is 0 Å². The van der Waals surface area contributed by atoms with E-state index in [9.17, 15) is 4.79 Å². The minimum absolute atomic E-state index is 0.323. The van der Waals surface area contributed by atoms with Gasteiger partial charge in [0, 0.05) is 5.69 Å². The van der Waals surface area contributed by atoms with E-state index in [1.54, 1.807) is 12.1 Å². The zero-order chi connectivity index (χ0) is 14.5. The van der Waals surface area contributed by atoms with Gasteiger partial charge >= 0.3 is 5.97 Å². The van der Waals surface area contributed by atoms with E-state index in [0.717, 1.165) is 11.4 Å². The Morgan fingerprint density at radius 2 is 2.10 bits per heavy atom. The molecule has 2 rings (SSSR count). The lowest BCUT2D eigenvalue weighted by Crippen LogP contribution is -2.05. The highest BCUT2D eigenvalue weighted by atomic mass is 16.5. The van der Waals surface area contributed by atoms with Crippen LogP contribution in [0.4, 0.5) is 5.69 Å². The molecule has 0 atom stereocenters. The van der Waals surface area contributed by atoms with Crippen LogP contribution in [-0.2, 0) is 11.3 Å². The Balaban J connectivity index is 2.08. The zero-order valence-electron chi connectivity index (χ0n) is 11.4. The minimum Gasteiger partial charge on any atom is -0.485 e. The van der Waals surface area contributed by atoms with Gasteiger partial charge in [0.2, 0.25) is 0 Å². The normalized spacial score (nSPS) is 10.1. The number of carbonyl (C=O) groups excluding carboxylic acids is 1. The van der Waals surface area contributed by atoms with E-state index in [4.69, 9.17) is 10.5 Å². The summed E-state index contributed by atoms with van der Waals surface area (Å²) in [6.45, 7) is 2.24. The van der Waals surface area contributed by atoms with E-state index in [1.165, 1.54) is 13.2 Å². The average Bonchev–Trinajstić information content (AvgIpc) is 2.45. The number of pyridine rings is 1. The molecule has 0 aliphatic carbocycles. The van der Waals surface area contributed by atoms with Gasteiger partial charge in [-0.1, -0.05) is 6.07 Å². The number of aryl methyl sites for hydroxylation is 1. The van der Waals surface area contributed by atoms with Crippen molar-refractivity contribution in [2.24, 2.45) is 0 Å². The van der Waals surface area contributed by atoms with Gasteiger partial charge in [-0.15, -0.1) is 0 Å². The van der Waals surface area contributed by atoms with E-state index >= 15 is 0 Å². The maximum atomic E-state index is 11.4. The number of anilines is 1. The van der Waals surface area contributed by atoms with Gasteiger partial charge in [-0.05, 0) is 37.3 Å². The van der Waals surface area contributed by atoms with Crippen LogP contribution in [0.1, 0.15) is 21.7 Å². The fourth-order valence-electron chi connectivity index (χ4n) is 1.76. The maximum absolute atomic E-state index is 11.4. The number of benzene rings is 1. The lowest BCUT2D eigenvalue weighted by molar-refractivity contribution is 0.0600. The van der Waals surface area contributed by atoms with Gasteiger partial charge < -0.3 is 15.2 Å². The predicted octanol–water partition coefficient (Wildman–Crippen LogP) is 2.34. The first-order chi connectivity index (χ1) is 9.60. The quantitative estimate of drug-likeness (QED) is 0.683. The van der Waals surface area contributed by atoms with Crippen LogP contribution in [0.5, 0.6) is 5.75 Å². The van der Waals surface area contributed by atoms with Gasteiger partial charge in [0.1, 0.15) is 12.4 Å². The summed E-state index contributed by atoms with van der Waals surface area (Å²) in [4.78, 5) is 15.7. The lowest BCUT2D eigenvalue weighted by atomic mass is 10.2. The van der Waals surface area contributed by atoms with Gasteiger partial charge in [-0.25, -0.2) is 4.79 Å². The molecular weight excluding hydrogens is 256 g/mol. The molecule has 0 saturated heterocycles. The van der Waals surface area contributed by atoms with Crippen LogP contribution >= 0.6 is 0 Å². The molecule has 0 aliphatic rings. The van der Waals surface area contributed by atoms with Gasteiger partial charge in [0.25, 0.3) is 0 Å². The van der Waals surface area contributed by atoms with Crippen molar-refractivity contribution in [3.05, 3.63) is 53.3 Å². The van der Waals surface area contributed by atoms with Crippen LogP contribution in [0, 0.1) is 6.92 Å². The van der Waals surface area contributed by atoms with Crippen molar-refractivity contribution in [2.45, 2.75) is 13.5 Å². The average molecular weight is 272 g/mol. The third-order valence-corrected chi connectivity index (χ3v) is 2.75. The number of nitrogens with two attached hydrogens (primary N) is 1. The second kappa shape index (κ2) is 6.06. The Kier molecular flexibility index (Phi) is 4.20. The van der Waals surface area contributed by atoms with Crippen LogP contribution in [-0.4, -0.2) is 18.1 Å². The molecular formula is C15H16N2O3. The number of nitrogen functional groups attached to an aromatic ring is 1. The first-order valence-electron chi connectivity index (χ1n) is 6.13. The number of rotatable bonds is 4. The summed E-state index contributed by atoms with van der Waals surface area (Å²) in [6.07, 6.45) is 0. The van der Waals surface area contributed by atoms with Crippen LogP contribution in [0.15, 0.2) is 36.4 Å². The van der Waals surface area contributed by atoms with Crippen molar-refractivity contribution in [2.75, 3.05) is 12.8 Å². The summed E-state index contributed by atoms with van der Waals surface area (Å²) >= 11 is 0. The van der Waals surface area contributed by atoms with E-state index in [-0.39, 0.29) is 0 Å². The number of nitrogens with zero attached hydrogens (tertiary/aromatic N) is 1. The monoisotopic (exact) mass is 272 g/mol. The third kappa shape index (κ3) is 3.26. The van der Waals surface area contributed by atoms with E-state index in [2.05, 4.69) is 9.72 Å². The molecule has 5 nitrogen and oxygen atoms in total. The molecule has 1 aromatic heterocycles. The Morgan fingerprint density at radius 3 is 2.75 bits per heavy atom. The molecule has 0 spiro atoms. The number of aromatic nitrogens is 1. The number of hydrogen-bond donors (Lipinski definition) is 1. The van der Waals surface area contributed by atoms with Gasteiger partial charge in [-0.3, -0.25) is 4.98 Å². The lowest BCUT2D eigenvalue weighted by Gasteiger charge is -2.10. The van der Waals surface area contributed by atoms with Crippen molar-refractivity contribution < 1.29 is 14.3 Å². The van der Waals surface area contributed by atoms with E-state index in [1.807, 2.05) is 25.1 Å². The molecule has 0 saturated carbocycles. The standard InChI is InChI=1S/C15H16N2O3/c1-10-4-3-5-12(17-10)9-20-14-7-6-11(8-13(14)16)15(18)19-2/h3-8H,9,16H2,1-2H3. The summed E-state index contributed by atoms with van der Waals surface area (Å²) in [5.74, 6) is 0.0876. The highest BCUT2D eigenvalue weighted by Crippen LogP contribution is 2.23. The Hall–Kier alpha value is -2.56. The molecule has 2 N–H and O–H groups in total. The van der Waals surface area contributed by atoms with Crippen molar-refractivity contribution in [3.8, 4) is 5.75 Å². The Bertz CT molecular complexity index is 626. The summed E-state index contributed by atoms with van der Waals surface area (Å²) in [7, 11) is 1.33. The van der Waals surface area contributed by atoms with Crippen LogP contribution in [0.2, 0.25) is 0 Å². The highest BCUT2D eigenvalue weighted by molar-refractivity contribution is 5.90. The summed E-state index contributed by atoms with van der Waals surface area (Å²) < 4.78 is 10.2. The molecule has 0 aliphatic heterocycles. The van der Waals surface area contributed by atoms with Crippen LogP contribution in [0.3, 0.4) is 0 Å². The second-order valence-electron chi connectivity index (χ2n) is 4.30. The number of carbonyl (C=O) groups is 1. The van der Waals surface area contributed by atoms with Crippen molar-refractivity contribution in [1.82, 2.24) is 4.98 Å². The largest absolute Gasteiger partial charge is 0.485 e. The smallest absolute Gasteiger partial charge is 0.337 e. The molecule has 0 amide bonds. The van der Waals surface area contributed by atoms with Crippen molar-refractivity contribution in [1.29, 1.82) is 0 Å². The number of hydrogen-bond acceptors (Lipinski definition) is 5. The molecule has 2 aromatic rings. The SMILES string of the molecule is COC(=O)c1ccc(OCc2cccc(C)n2)c(N)c1. The molecule has 0 bridgehead atoms. The summed E-state index contributed by atoms with van der Waals surface area (Å²) in [6, 6.07) is 10.5. The van der Waals surface area contributed by atoms with Gasteiger partial charge in [0.15, 0.2) is 0 Å². The number of ether oxygens (including phenoxy) is 2. The van der Waals surface area contributed by atoms with E-state index in [0.29, 0.717) is 23.6 Å². The number of methoxy groups -OCH3 is 1. The predicted molar refractivity (Wildman–Crippen MR) is 75.5 cm³/mol. The van der Waals surface area contributed by atoms with Crippen LogP contribution in [0.25, 0.3) is 0 Å². The Morgan fingerprint density at radius 1 is 1.30 bits per heavy atom. The maximum Gasteiger partial charge on any atom is 0.337 e. The highest BCUT2D eigenvalue weighted by Gasteiger charge is 2.09. The summed E-state index contributed by atoms with van der Waals surface area (Å²) in [5.41, 5.74) is 8.39. The Labute approximate surface area is 117 Å². The molecule has 0 fully saturated rings. The molecule has 0 radical (unpaired) electrons. The minimum atomic E-state index is -0.427. The molecule has 1 aromatic carbocycles. The van der Waals surface area contributed by atoms with Gasteiger partial charge in [0.05, 0.1) is 24.1 Å². The topological polar surface area (TPSA) is 74.4 Å². The molecule has 5 heteroatoms. The second-order valence-corrected chi connectivity index (χ2v) is 4.30. The number of esters is 1. The first kappa shape index (κ1) is 13.9. The molecule has 1 heterocycles. The van der Waals surface area contributed by atoms with E-state index < -0.39 is 5.97 Å². The fraction of sp³-hybridized carbons (Fsp3) is 0.200. The van der Waals surface area contributed by atoms with Crippen molar-refractivity contribution >= 4 is 11.7 Å². The van der Waals surface area contributed by atoms with Crippen LogP contribution < -0.4 is 10.5 Å². The third-order valence-electron chi connectivity index (χ3n) is 2.75. The fourth-order valence-corrected chi connectivity index (χ4v) is 1.76. The molecule has 0 unspecified atom stereocenters. The zero-order valence-corrected chi connectivity index (χ0v) is 11.4. The van der Waals surface area contributed by atoms with Gasteiger partial charge in [-0.2, -0.15) is 0 Å². The molecule has 20 heavy (non-hydrogen) atoms. The molecule has 104 valence electrons.